The zero-order chi connectivity index (χ0) is 15.2. The molecule has 0 fully saturated rings. The van der Waals surface area contributed by atoms with Crippen LogP contribution in [0.4, 0.5) is 8.78 Å². The fourth-order valence-corrected chi connectivity index (χ4v) is 1.52. The molecule has 2 aromatic rings. The molecular weight excluding hydrogens is 282 g/mol. The minimum Gasteiger partial charge on any atom is -0.456 e. The van der Waals surface area contributed by atoms with Crippen LogP contribution in [0.2, 0.25) is 0 Å². The lowest BCUT2D eigenvalue weighted by Crippen LogP contribution is -2.08. The van der Waals surface area contributed by atoms with E-state index in [2.05, 4.69) is 14.7 Å². The molecule has 0 aliphatic rings. The Morgan fingerprint density at radius 2 is 2.10 bits per heavy atom. The predicted molar refractivity (Wildman–Crippen MR) is 69.0 cm³/mol. The van der Waals surface area contributed by atoms with Crippen LogP contribution in [-0.2, 0) is 11.3 Å². The lowest BCUT2D eigenvalue weighted by molar-refractivity contribution is -0.0499. The Hall–Kier alpha value is -2.57. The van der Waals surface area contributed by atoms with E-state index >= 15 is 0 Å². The molecule has 1 aromatic heterocycles. The average Bonchev–Trinajstić information content (AvgIpc) is 2.46. The number of carbonyl (C=O) groups is 1. The van der Waals surface area contributed by atoms with E-state index in [-0.39, 0.29) is 17.9 Å². The molecule has 0 radical (unpaired) electrons. The molecule has 0 atom stereocenters. The van der Waals surface area contributed by atoms with E-state index in [0.717, 1.165) is 5.69 Å². The minimum absolute atomic E-state index is 0.0496. The van der Waals surface area contributed by atoms with E-state index in [4.69, 9.17) is 4.74 Å². The lowest BCUT2D eigenvalue weighted by atomic mass is 10.2. The van der Waals surface area contributed by atoms with Crippen LogP contribution in [-0.4, -0.2) is 22.5 Å². The van der Waals surface area contributed by atoms with E-state index in [1.807, 2.05) is 0 Å². The topological polar surface area (TPSA) is 61.3 Å². The molecule has 2 rings (SSSR count). The third kappa shape index (κ3) is 4.48. The Labute approximate surface area is 119 Å². The van der Waals surface area contributed by atoms with E-state index in [1.165, 1.54) is 30.5 Å². The Morgan fingerprint density at radius 1 is 1.29 bits per heavy atom. The summed E-state index contributed by atoms with van der Waals surface area (Å²) < 4.78 is 33.5. The van der Waals surface area contributed by atoms with Crippen LogP contribution in [0.3, 0.4) is 0 Å². The van der Waals surface area contributed by atoms with Gasteiger partial charge in [0, 0.05) is 6.20 Å². The van der Waals surface area contributed by atoms with Gasteiger partial charge in [-0.2, -0.15) is 8.78 Å². The molecule has 5 nitrogen and oxygen atoms in total. The van der Waals surface area contributed by atoms with Crippen molar-refractivity contribution in [2.24, 2.45) is 0 Å². The Morgan fingerprint density at radius 3 is 2.76 bits per heavy atom. The maximum Gasteiger partial charge on any atom is 0.387 e. The van der Waals surface area contributed by atoms with Crippen molar-refractivity contribution in [1.82, 2.24) is 9.97 Å². The Balaban J connectivity index is 1.98. The summed E-state index contributed by atoms with van der Waals surface area (Å²) in [5.74, 6) is -0.758. The number of benzene rings is 1. The summed E-state index contributed by atoms with van der Waals surface area (Å²) in [6.07, 6.45) is 3.05. The quantitative estimate of drug-likeness (QED) is 0.793. The first-order chi connectivity index (χ1) is 10.0. The van der Waals surface area contributed by atoms with Crippen molar-refractivity contribution in [2.75, 3.05) is 0 Å². The summed E-state index contributed by atoms with van der Waals surface area (Å²) in [6, 6.07) is 5.39. The van der Waals surface area contributed by atoms with Crippen LogP contribution in [0.25, 0.3) is 0 Å². The lowest BCUT2D eigenvalue weighted by Gasteiger charge is -2.07. The maximum absolute atomic E-state index is 12.1. The smallest absolute Gasteiger partial charge is 0.387 e. The Bertz CT molecular complexity index is 618. The molecule has 0 amide bonds. The van der Waals surface area contributed by atoms with Gasteiger partial charge in [-0.3, -0.25) is 9.97 Å². The molecule has 21 heavy (non-hydrogen) atoms. The van der Waals surface area contributed by atoms with Crippen LogP contribution in [0.1, 0.15) is 21.7 Å². The molecular formula is C14H12F2N2O3. The molecule has 0 saturated heterocycles. The number of hydrogen-bond acceptors (Lipinski definition) is 5. The molecule has 0 bridgehead atoms. The average molecular weight is 294 g/mol. The van der Waals surface area contributed by atoms with Crippen molar-refractivity contribution in [3.8, 4) is 5.75 Å². The van der Waals surface area contributed by atoms with Gasteiger partial charge in [0.25, 0.3) is 0 Å². The van der Waals surface area contributed by atoms with E-state index in [9.17, 15) is 13.6 Å². The molecule has 0 unspecified atom stereocenters. The molecule has 110 valence electrons. The number of aryl methyl sites for hydroxylation is 1. The van der Waals surface area contributed by atoms with Gasteiger partial charge < -0.3 is 9.47 Å². The summed E-state index contributed by atoms with van der Waals surface area (Å²) in [4.78, 5) is 19.9. The van der Waals surface area contributed by atoms with Gasteiger partial charge in [0.1, 0.15) is 12.4 Å². The number of hydrogen-bond donors (Lipinski definition) is 0. The van der Waals surface area contributed by atoms with Crippen molar-refractivity contribution in [3.63, 3.8) is 0 Å². The number of carbonyl (C=O) groups excluding carboxylic acids is 1. The van der Waals surface area contributed by atoms with Gasteiger partial charge in [0.2, 0.25) is 0 Å². The van der Waals surface area contributed by atoms with Gasteiger partial charge in [-0.05, 0) is 25.1 Å². The van der Waals surface area contributed by atoms with Crippen molar-refractivity contribution in [1.29, 1.82) is 0 Å². The normalized spacial score (nSPS) is 10.5. The molecule has 1 aromatic carbocycles. The summed E-state index contributed by atoms with van der Waals surface area (Å²) >= 11 is 0. The van der Waals surface area contributed by atoms with Crippen LogP contribution in [0.15, 0.2) is 36.7 Å². The highest BCUT2D eigenvalue weighted by molar-refractivity contribution is 5.89. The van der Waals surface area contributed by atoms with Crippen LogP contribution in [0, 0.1) is 6.92 Å². The highest BCUT2D eigenvalue weighted by Crippen LogP contribution is 2.16. The van der Waals surface area contributed by atoms with Gasteiger partial charge in [-0.25, -0.2) is 4.79 Å². The largest absolute Gasteiger partial charge is 0.456 e. The number of ether oxygens (including phenoxy) is 2. The molecule has 0 aliphatic heterocycles. The first-order valence-electron chi connectivity index (χ1n) is 6.04. The summed E-state index contributed by atoms with van der Waals surface area (Å²) in [5.41, 5.74) is 1.36. The van der Waals surface area contributed by atoms with Gasteiger partial charge >= 0.3 is 12.6 Å². The molecule has 0 N–H and O–H groups in total. The number of rotatable bonds is 5. The number of halogens is 2. The third-order valence-corrected chi connectivity index (χ3v) is 2.48. The second-order valence-electron chi connectivity index (χ2n) is 4.13. The van der Waals surface area contributed by atoms with Crippen LogP contribution < -0.4 is 4.74 Å². The van der Waals surface area contributed by atoms with Crippen LogP contribution in [0.5, 0.6) is 5.75 Å². The first kappa shape index (κ1) is 14.8. The van der Waals surface area contributed by atoms with Crippen molar-refractivity contribution >= 4 is 5.97 Å². The number of nitrogens with zero attached hydrogens (tertiary/aromatic N) is 2. The Kier molecular flexibility index (Phi) is 4.76. The van der Waals surface area contributed by atoms with Crippen molar-refractivity contribution in [2.45, 2.75) is 20.1 Å². The SMILES string of the molecule is Cc1cnc(COC(=O)c2cccc(OC(F)F)c2)cn1. The van der Waals surface area contributed by atoms with Crippen molar-refractivity contribution < 1.29 is 23.0 Å². The highest BCUT2D eigenvalue weighted by atomic mass is 19.3. The fraction of sp³-hybridized carbons (Fsp3) is 0.214. The standard InChI is InChI=1S/C14H12F2N2O3/c1-9-6-18-11(7-17-9)8-20-13(19)10-3-2-4-12(5-10)21-14(15)16/h2-7,14H,8H2,1H3. The van der Waals surface area contributed by atoms with Gasteiger partial charge in [-0.15, -0.1) is 0 Å². The van der Waals surface area contributed by atoms with Gasteiger partial charge in [-0.1, -0.05) is 6.07 Å². The highest BCUT2D eigenvalue weighted by Gasteiger charge is 2.11. The number of aromatic nitrogens is 2. The molecule has 0 spiro atoms. The monoisotopic (exact) mass is 294 g/mol. The van der Waals surface area contributed by atoms with E-state index in [1.54, 1.807) is 13.1 Å². The molecule has 1 heterocycles. The zero-order valence-corrected chi connectivity index (χ0v) is 11.1. The maximum atomic E-state index is 12.1. The molecule has 0 saturated carbocycles. The van der Waals surface area contributed by atoms with E-state index < -0.39 is 12.6 Å². The van der Waals surface area contributed by atoms with Gasteiger partial charge in [0.05, 0.1) is 23.1 Å². The number of alkyl halides is 2. The summed E-state index contributed by atoms with van der Waals surface area (Å²) in [7, 11) is 0. The second-order valence-corrected chi connectivity index (χ2v) is 4.13. The third-order valence-electron chi connectivity index (χ3n) is 2.48. The zero-order valence-electron chi connectivity index (χ0n) is 11.1. The first-order valence-corrected chi connectivity index (χ1v) is 6.04. The summed E-state index contributed by atoms with van der Waals surface area (Å²) in [6.45, 7) is -1.21. The number of esters is 1. The second kappa shape index (κ2) is 6.74. The summed E-state index contributed by atoms with van der Waals surface area (Å²) in [5, 5.41) is 0. The predicted octanol–water partition coefficient (Wildman–Crippen LogP) is 2.74. The molecule has 7 heteroatoms. The van der Waals surface area contributed by atoms with Crippen molar-refractivity contribution in [3.05, 3.63) is 53.6 Å². The van der Waals surface area contributed by atoms with Gasteiger partial charge in [0.15, 0.2) is 0 Å². The van der Waals surface area contributed by atoms with E-state index in [0.29, 0.717) is 5.69 Å². The fourth-order valence-electron chi connectivity index (χ4n) is 1.52. The molecule has 0 aliphatic carbocycles. The van der Waals surface area contributed by atoms with Crippen LogP contribution >= 0.6 is 0 Å². The minimum atomic E-state index is -2.95.